The van der Waals surface area contributed by atoms with E-state index in [0.29, 0.717) is 5.92 Å². The zero-order valence-electron chi connectivity index (χ0n) is 23.0. The van der Waals surface area contributed by atoms with Crippen molar-refractivity contribution in [2.45, 2.75) is 46.0 Å². The Balaban J connectivity index is 1.56. The first kappa shape index (κ1) is 22.6. The molecular formula is C36H30N2O. The van der Waals surface area contributed by atoms with E-state index in [2.05, 4.69) is 112 Å². The first-order chi connectivity index (χ1) is 18.8. The van der Waals surface area contributed by atoms with Gasteiger partial charge in [-0.05, 0) is 71.0 Å². The molecule has 39 heavy (non-hydrogen) atoms. The Morgan fingerprint density at radius 1 is 0.744 bits per heavy atom. The second-order valence-electron chi connectivity index (χ2n) is 12.3. The minimum Gasteiger partial charge on any atom is -0.455 e. The highest BCUT2D eigenvalue weighted by Crippen LogP contribution is 2.46. The number of nitrogens with zero attached hydrogens (tertiary/aromatic N) is 2. The van der Waals surface area contributed by atoms with Crippen LogP contribution in [0.15, 0.2) is 89.5 Å². The predicted octanol–water partition coefficient (Wildman–Crippen LogP) is 10.2. The van der Waals surface area contributed by atoms with Gasteiger partial charge in [0.15, 0.2) is 0 Å². The summed E-state index contributed by atoms with van der Waals surface area (Å²) in [6.45, 7) is 11.3. The number of para-hydroxylation sites is 1. The van der Waals surface area contributed by atoms with Crippen LogP contribution in [0.5, 0.6) is 0 Å². The summed E-state index contributed by atoms with van der Waals surface area (Å²) in [6.07, 6.45) is 1.93. The van der Waals surface area contributed by atoms with Gasteiger partial charge in [-0.1, -0.05) is 65.0 Å². The van der Waals surface area contributed by atoms with Gasteiger partial charge in [-0.2, -0.15) is 0 Å². The van der Waals surface area contributed by atoms with E-state index in [4.69, 9.17) is 9.40 Å². The van der Waals surface area contributed by atoms with Crippen LogP contribution in [0.25, 0.3) is 71.3 Å². The van der Waals surface area contributed by atoms with Crippen LogP contribution in [0, 0.1) is 0 Å². The first-order valence-electron chi connectivity index (χ1n) is 13.8. The summed E-state index contributed by atoms with van der Waals surface area (Å²) >= 11 is 0. The molecule has 3 heteroatoms. The fourth-order valence-corrected chi connectivity index (χ4v) is 6.38. The van der Waals surface area contributed by atoms with Crippen LogP contribution < -0.4 is 0 Å². The monoisotopic (exact) mass is 506 g/mol. The van der Waals surface area contributed by atoms with Crippen molar-refractivity contribution < 1.29 is 4.42 Å². The molecule has 0 aliphatic heterocycles. The minimum atomic E-state index is 0.0757. The van der Waals surface area contributed by atoms with E-state index in [9.17, 15) is 0 Å². The summed E-state index contributed by atoms with van der Waals surface area (Å²) in [5.74, 6) is 0.454. The fourth-order valence-electron chi connectivity index (χ4n) is 6.38. The standard InChI is InChI=1S/C36H30N2O/c1-20(2)21-14-15-37-29(17-21)22-10-12-31-28(16-22)33-34-26(19-27-24-8-6-7-9-32(24)39-35(27)33)25-18-23(36(3,4)5)11-13-30(25)38(31)34/h6-20H,1-5H3. The lowest BCUT2D eigenvalue weighted by atomic mass is 9.86. The molecule has 3 nitrogen and oxygen atoms in total. The van der Waals surface area contributed by atoms with Gasteiger partial charge in [0, 0.05) is 38.7 Å². The van der Waals surface area contributed by atoms with Crippen molar-refractivity contribution in [3.63, 3.8) is 0 Å². The molecule has 4 aromatic carbocycles. The molecule has 0 saturated heterocycles. The van der Waals surface area contributed by atoms with E-state index < -0.39 is 0 Å². The molecule has 8 aromatic rings. The smallest absolute Gasteiger partial charge is 0.145 e. The van der Waals surface area contributed by atoms with Gasteiger partial charge in [0.2, 0.25) is 0 Å². The number of rotatable bonds is 2. The molecule has 0 aliphatic rings. The van der Waals surface area contributed by atoms with E-state index in [0.717, 1.165) is 27.8 Å². The Bertz CT molecular complexity index is 2240. The van der Waals surface area contributed by atoms with Gasteiger partial charge in [0.05, 0.1) is 27.6 Å². The third-order valence-corrected chi connectivity index (χ3v) is 8.51. The third-order valence-electron chi connectivity index (χ3n) is 8.51. The molecule has 4 heterocycles. The van der Waals surface area contributed by atoms with Gasteiger partial charge in [-0.25, -0.2) is 0 Å². The quantitative estimate of drug-likeness (QED) is 0.233. The SMILES string of the molecule is CC(C)c1ccnc(-c2ccc3c(c2)c2c4oc5ccccc5c4cc4c5cc(C(C)(C)C)ccc5n3c42)c1. The average Bonchev–Trinajstić information content (AvgIpc) is 3.57. The first-order valence-corrected chi connectivity index (χ1v) is 13.8. The summed E-state index contributed by atoms with van der Waals surface area (Å²) in [5.41, 5.74) is 10.4. The zero-order valence-corrected chi connectivity index (χ0v) is 23.0. The summed E-state index contributed by atoms with van der Waals surface area (Å²) in [4.78, 5) is 4.75. The van der Waals surface area contributed by atoms with E-state index >= 15 is 0 Å². The van der Waals surface area contributed by atoms with Crippen LogP contribution in [-0.2, 0) is 5.41 Å². The van der Waals surface area contributed by atoms with E-state index in [1.54, 1.807) is 0 Å². The van der Waals surface area contributed by atoms with Crippen molar-refractivity contribution in [1.29, 1.82) is 0 Å². The minimum absolute atomic E-state index is 0.0757. The molecule has 0 amide bonds. The molecule has 8 rings (SSSR count). The zero-order chi connectivity index (χ0) is 26.6. The van der Waals surface area contributed by atoms with Gasteiger partial charge in [-0.15, -0.1) is 0 Å². The molecule has 0 aliphatic carbocycles. The highest BCUT2D eigenvalue weighted by molar-refractivity contribution is 6.33. The van der Waals surface area contributed by atoms with Gasteiger partial charge in [0.1, 0.15) is 11.2 Å². The molecule has 0 unspecified atom stereocenters. The highest BCUT2D eigenvalue weighted by atomic mass is 16.3. The third kappa shape index (κ3) is 3.07. The number of fused-ring (bicyclic) bond motifs is 10. The van der Waals surface area contributed by atoms with Crippen LogP contribution >= 0.6 is 0 Å². The maximum absolute atomic E-state index is 6.61. The van der Waals surface area contributed by atoms with Crippen molar-refractivity contribution in [1.82, 2.24) is 9.38 Å². The Labute approximate surface area is 227 Å². The molecule has 0 atom stereocenters. The number of aromatic nitrogens is 2. The Kier molecular flexibility index (Phi) is 4.41. The lowest BCUT2D eigenvalue weighted by Crippen LogP contribution is -2.10. The van der Waals surface area contributed by atoms with Crippen molar-refractivity contribution in [2.24, 2.45) is 0 Å². The van der Waals surface area contributed by atoms with Crippen molar-refractivity contribution in [3.05, 3.63) is 96.2 Å². The highest BCUT2D eigenvalue weighted by Gasteiger charge is 2.24. The topological polar surface area (TPSA) is 30.4 Å². The van der Waals surface area contributed by atoms with Crippen LogP contribution in [0.2, 0.25) is 0 Å². The van der Waals surface area contributed by atoms with Gasteiger partial charge in [0.25, 0.3) is 0 Å². The number of benzene rings is 4. The van der Waals surface area contributed by atoms with Crippen molar-refractivity contribution >= 4 is 60.0 Å². The molecule has 0 spiro atoms. The molecule has 4 aromatic heterocycles. The molecule has 0 bridgehead atoms. The molecule has 0 fully saturated rings. The van der Waals surface area contributed by atoms with Gasteiger partial charge in [-0.3, -0.25) is 4.98 Å². The molecular weight excluding hydrogens is 476 g/mol. The van der Waals surface area contributed by atoms with E-state index in [1.165, 1.54) is 54.6 Å². The molecule has 0 N–H and O–H groups in total. The van der Waals surface area contributed by atoms with E-state index in [-0.39, 0.29) is 5.41 Å². The number of furan rings is 1. The van der Waals surface area contributed by atoms with Gasteiger partial charge < -0.3 is 8.82 Å². The van der Waals surface area contributed by atoms with Crippen molar-refractivity contribution in [2.75, 3.05) is 0 Å². The van der Waals surface area contributed by atoms with Gasteiger partial charge >= 0.3 is 0 Å². The maximum Gasteiger partial charge on any atom is 0.145 e. The molecule has 190 valence electrons. The summed E-state index contributed by atoms with van der Waals surface area (Å²) in [7, 11) is 0. The Morgan fingerprint density at radius 2 is 1.54 bits per heavy atom. The lowest BCUT2D eigenvalue weighted by molar-refractivity contribution is 0.591. The van der Waals surface area contributed by atoms with Crippen LogP contribution in [0.1, 0.15) is 51.7 Å². The molecule has 0 radical (unpaired) electrons. The number of hydrogen-bond donors (Lipinski definition) is 0. The number of pyridine rings is 1. The Hall–Kier alpha value is -4.37. The maximum atomic E-state index is 6.61. The second-order valence-corrected chi connectivity index (χ2v) is 12.3. The van der Waals surface area contributed by atoms with Crippen LogP contribution in [0.3, 0.4) is 0 Å². The van der Waals surface area contributed by atoms with Crippen LogP contribution in [-0.4, -0.2) is 9.38 Å². The summed E-state index contributed by atoms with van der Waals surface area (Å²) in [5, 5.41) is 7.30. The Morgan fingerprint density at radius 3 is 2.36 bits per heavy atom. The molecule has 0 saturated carbocycles. The number of hydrogen-bond acceptors (Lipinski definition) is 2. The van der Waals surface area contributed by atoms with Crippen molar-refractivity contribution in [3.8, 4) is 11.3 Å². The lowest BCUT2D eigenvalue weighted by Gasteiger charge is -2.19. The second kappa shape index (κ2) is 7.60. The summed E-state index contributed by atoms with van der Waals surface area (Å²) < 4.78 is 9.05. The normalized spacial score (nSPS) is 13.0. The van der Waals surface area contributed by atoms with Crippen LogP contribution in [0.4, 0.5) is 0 Å². The fraction of sp³-hybridized carbons (Fsp3) is 0.194. The predicted molar refractivity (Wildman–Crippen MR) is 164 cm³/mol. The average molecular weight is 507 g/mol. The summed E-state index contributed by atoms with van der Waals surface area (Å²) in [6, 6.07) is 28.9. The van der Waals surface area contributed by atoms with E-state index in [1.807, 2.05) is 12.3 Å². The largest absolute Gasteiger partial charge is 0.455 e.